The van der Waals surface area contributed by atoms with Crippen molar-refractivity contribution in [3.8, 4) is 0 Å². The Kier molecular flexibility index (Phi) is 6.40. The highest BCUT2D eigenvalue weighted by Gasteiger charge is 2.11. The number of carbonyl (C=O) groups excluding carboxylic acids is 2. The van der Waals surface area contributed by atoms with E-state index in [9.17, 15) is 14.0 Å². The van der Waals surface area contributed by atoms with Gasteiger partial charge in [0.05, 0.1) is 0 Å². The lowest BCUT2D eigenvalue weighted by Gasteiger charge is -2.09. The Morgan fingerprint density at radius 2 is 1.39 bits per heavy atom. The Bertz CT molecular complexity index is 990. The second kappa shape index (κ2) is 9.15. The minimum absolute atomic E-state index is 0.266. The van der Waals surface area contributed by atoms with Crippen LogP contribution < -0.4 is 10.6 Å². The predicted octanol–water partition coefficient (Wildman–Crippen LogP) is 4.34. The highest BCUT2D eigenvalue weighted by molar-refractivity contribution is 6.31. The fourth-order valence-corrected chi connectivity index (χ4v) is 2.81. The Balaban J connectivity index is 1.60. The van der Waals surface area contributed by atoms with Gasteiger partial charge in [0.1, 0.15) is 5.82 Å². The molecule has 0 bridgehead atoms. The van der Waals surface area contributed by atoms with Gasteiger partial charge in [0, 0.05) is 29.2 Å². The monoisotopic (exact) mass is 396 g/mol. The highest BCUT2D eigenvalue weighted by atomic mass is 35.5. The average molecular weight is 397 g/mol. The maximum Gasteiger partial charge on any atom is 0.251 e. The first kappa shape index (κ1) is 19.6. The van der Waals surface area contributed by atoms with Crippen LogP contribution in [-0.4, -0.2) is 11.8 Å². The molecule has 3 aromatic rings. The summed E-state index contributed by atoms with van der Waals surface area (Å²) in [4.78, 5) is 24.7. The zero-order chi connectivity index (χ0) is 19.9. The fraction of sp³-hybridized carbons (Fsp3) is 0.0909. The summed E-state index contributed by atoms with van der Waals surface area (Å²) in [6, 6.07) is 19.6. The molecule has 28 heavy (non-hydrogen) atoms. The lowest BCUT2D eigenvalue weighted by Crippen LogP contribution is -2.25. The normalized spacial score (nSPS) is 10.4. The summed E-state index contributed by atoms with van der Waals surface area (Å²) in [6.45, 7) is 0.557. The number of carbonyl (C=O) groups is 2. The van der Waals surface area contributed by atoms with Crippen LogP contribution in [0.4, 0.5) is 4.39 Å². The van der Waals surface area contributed by atoms with Gasteiger partial charge in [-0.05, 0) is 47.5 Å². The number of hydrogen-bond donors (Lipinski definition) is 2. The van der Waals surface area contributed by atoms with Crippen LogP contribution in [-0.2, 0) is 13.1 Å². The van der Waals surface area contributed by atoms with Gasteiger partial charge in [-0.3, -0.25) is 9.59 Å². The third kappa shape index (κ3) is 5.18. The van der Waals surface area contributed by atoms with Gasteiger partial charge in [-0.25, -0.2) is 4.39 Å². The molecule has 2 amide bonds. The number of benzene rings is 3. The summed E-state index contributed by atoms with van der Waals surface area (Å²) in [5, 5.41) is 6.13. The molecule has 0 saturated carbocycles. The average Bonchev–Trinajstić information content (AvgIpc) is 2.72. The Morgan fingerprint density at radius 1 is 0.786 bits per heavy atom. The van der Waals surface area contributed by atoms with Crippen LogP contribution in [0, 0.1) is 5.82 Å². The predicted molar refractivity (Wildman–Crippen MR) is 107 cm³/mol. The number of amides is 2. The van der Waals surface area contributed by atoms with Gasteiger partial charge in [0.2, 0.25) is 0 Å². The molecule has 0 fully saturated rings. The molecule has 0 aliphatic carbocycles. The molecule has 0 saturated heterocycles. The molecule has 142 valence electrons. The standard InChI is InChI=1S/C22H18ClFN2O2/c23-20-7-2-1-4-18(20)14-26-22(28)17-6-3-5-16(12-17)21(27)25-13-15-8-10-19(24)11-9-15/h1-12H,13-14H2,(H,25,27)(H,26,28). The van der Waals surface area contributed by atoms with E-state index in [1.54, 1.807) is 36.4 Å². The van der Waals surface area contributed by atoms with Crippen LogP contribution in [0.15, 0.2) is 72.8 Å². The molecule has 0 heterocycles. The minimum Gasteiger partial charge on any atom is -0.348 e. The van der Waals surface area contributed by atoms with E-state index in [0.29, 0.717) is 22.7 Å². The molecule has 3 aromatic carbocycles. The molecule has 6 heteroatoms. The summed E-state index contributed by atoms with van der Waals surface area (Å²) >= 11 is 6.09. The number of halogens is 2. The van der Waals surface area contributed by atoms with Crippen molar-refractivity contribution in [3.05, 3.63) is 106 Å². The molecular weight excluding hydrogens is 379 g/mol. The molecule has 0 spiro atoms. The third-order valence-corrected chi connectivity index (χ3v) is 4.52. The quantitative estimate of drug-likeness (QED) is 0.651. The summed E-state index contributed by atoms with van der Waals surface area (Å²) in [7, 11) is 0. The van der Waals surface area contributed by atoms with E-state index < -0.39 is 0 Å². The van der Waals surface area contributed by atoms with Crippen molar-refractivity contribution < 1.29 is 14.0 Å². The van der Waals surface area contributed by atoms with Gasteiger partial charge < -0.3 is 10.6 Å². The molecule has 0 aliphatic heterocycles. The number of hydrogen-bond acceptors (Lipinski definition) is 2. The molecular formula is C22H18ClFN2O2. The summed E-state index contributed by atoms with van der Waals surface area (Å²) in [6.07, 6.45) is 0. The second-order valence-corrected chi connectivity index (χ2v) is 6.57. The van der Waals surface area contributed by atoms with Gasteiger partial charge >= 0.3 is 0 Å². The van der Waals surface area contributed by atoms with E-state index in [1.165, 1.54) is 18.2 Å². The van der Waals surface area contributed by atoms with Crippen molar-refractivity contribution in [2.45, 2.75) is 13.1 Å². The van der Waals surface area contributed by atoms with Crippen molar-refractivity contribution >= 4 is 23.4 Å². The van der Waals surface area contributed by atoms with E-state index in [0.717, 1.165) is 11.1 Å². The van der Waals surface area contributed by atoms with E-state index in [-0.39, 0.29) is 24.2 Å². The van der Waals surface area contributed by atoms with Gasteiger partial charge in [0.15, 0.2) is 0 Å². The third-order valence-electron chi connectivity index (χ3n) is 4.15. The minimum atomic E-state index is -0.328. The Hall–Kier alpha value is -3.18. The first-order valence-corrected chi connectivity index (χ1v) is 9.05. The maximum atomic E-state index is 12.9. The summed E-state index contributed by atoms with van der Waals surface area (Å²) < 4.78 is 12.9. The molecule has 4 nitrogen and oxygen atoms in total. The van der Waals surface area contributed by atoms with E-state index in [2.05, 4.69) is 10.6 Å². The van der Waals surface area contributed by atoms with Gasteiger partial charge in [-0.15, -0.1) is 0 Å². The van der Waals surface area contributed by atoms with Crippen molar-refractivity contribution in [2.75, 3.05) is 0 Å². The molecule has 3 rings (SSSR count). The van der Waals surface area contributed by atoms with Crippen molar-refractivity contribution in [1.29, 1.82) is 0 Å². The topological polar surface area (TPSA) is 58.2 Å². The molecule has 0 aliphatic rings. The first-order valence-electron chi connectivity index (χ1n) is 8.67. The van der Waals surface area contributed by atoms with Crippen molar-refractivity contribution in [3.63, 3.8) is 0 Å². The summed E-state index contributed by atoms with van der Waals surface area (Å²) in [5.74, 6) is -0.941. The zero-order valence-corrected chi connectivity index (χ0v) is 15.7. The van der Waals surface area contributed by atoms with E-state index in [4.69, 9.17) is 11.6 Å². The van der Waals surface area contributed by atoms with Crippen LogP contribution in [0.3, 0.4) is 0 Å². The van der Waals surface area contributed by atoms with Gasteiger partial charge in [-0.2, -0.15) is 0 Å². The SMILES string of the molecule is O=C(NCc1ccc(F)cc1)c1cccc(C(=O)NCc2ccccc2Cl)c1. The highest BCUT2D eigenvalue weighted by Crippen LogP contribution is 2.15. The number of rotatable bonds is 6. The van der Waals surface area contributed by atoms with Crippen molar-refractivity contribution in [2.24, 2.45) is 0 Å². The Morgan fingerprint density at radius 3 is 2.04 bits per heavy atom. The number of nitrogens with one attached hydrogen (secondary N) is 2. The fourth-order valence-electron chi connectivity index (χ4n) is 2.61. The van der Waals surface area contributed by atoms with Crippen LogP contribution in [0.5, 0.6) is 0 Å². The molecule has 0 radical (unpaired) electrons. The van der Waals surface area contributed by atoms with Crippen LogP contribution in [0.1, 0.15) is 31.8 Å². The van der Waals surface area contributed by atoms with Crippen LogP contribution >= 0.6 is 11.6 Å². The Labute approximate surface area is 167 Å². The lowest BCUT2D eigenvalue weighted by molar-refractivity contribution is 0.0950. The summed E-state index contributed by atoms with van der Waals surface area (Å²) in [5.41, 5.74) is 2.34. The molecule has 0 aromatic heterocycles. The molecule has 2 N–H and O–H groups in total. The molecule has 0 unspecified atom stereocenters. The largest absolute Gasteiger partial charge is 0.348 e. The zero-order valence-electron chi connectivity index (χ0n) is 14.9. The first-order chi connectivity index (χ1) is 13.5. The van der Waals surface area contributed by atoms with Crippen LogP contribution in [0.25, 0.3) is 0 Å². The van der Waals surface area contributed by atoms with Gasteiger partial charge in [0.25, 0.3) is 11.8 Å². The lowest BCUT2D eigenvalue weighted by atomic mass is 10.1. The second-order valence-electron chi connectivity index (χ2n) is 6.16. The molecule has 0 atom stereocenters. The van der Waals surface area contributed by atoms with Crippen LogP contribution in [0.2, 0.25) is 5.02 Å². The van der Waals surface area contributed by atoms with E-state index >= 15 is 0 Å². The van der Waals surface area contributed by atoms with E-state index in [1.807, 2.05) is 18.2 Å². The van der Waals surface area contributed by atoms with Gasteiger partial charge in [-0.1, -0.05) is 48.0 Å². The maximum absolute atomic E-state index is 12.9. The smallest absolute Gasteiger partial charge is 0.251 e. The van der Waals surface area contributed by atoms with Crippen molar-refractivity contribution in [1.82, 2.24) is 10.6 Å².